The number of rotatable bonds is 5. The van der Waals surface area contributed by atoms with Crippen molar-refractivity contribution >= 4 is 11.6 Å². The third-order valence-electron chi connectivity index (χ3n) is 2.01. The standard InChI is InChI=1S/C11H15ClO/c12-11-7-4-6-10(9-11)5-2-1-3-8-13/h4,6-7,9,13H,1-3,5,8H2. The normalized spacial score (nSPS) is 10.3. The van der Waals surface area contributed by atoms with E-state index in [1.54, 1.807) is 0 Å². The average molecular weight is 199 g/mol. The first-order valence-corrected chi connectivity index (χ1v) is 5.06. The van der Waals surface area contributed by atoms with Crippen molar-refractivity contribution in [2.75, 3.05) is 6.61 Å². The average Bonchev–Trinajstić information content (AvgIpc) is 2.13. The van der Waals surface area contributed by atoms with Gasteiger partial charge in [0.1, 0.15) is 0 Å². The molecule has 0 fully saturated rings. The van der Waals surface area contributed by atoms with Crippen molar-refractivity contribution in [1.82, 2.24) is 0 Å². The van der Waals surface area contributed by atoms with E-state index in [1.165, 1.54) is 5.56 Å². The second-order valence-electron chi connectivity index (χ2n) is 3.16. The van der Waals surface area contributed by atoms with Crippen molar-refractivity contribution in [1.29, 1.82) is 0 Å². The first kappa shape index (κ1) is 10.6. The molecule has 0 spiro atoms. The Hall–Kier alpha value is -0.530. The Balaban J connectivity index is 2.28. The molecule has 0 heterocycles. The fraction of sp³-hybridized carbons (Fsp3) is 0.455. The van der Waals surface area contributed by atoms with Gasteiger partial charge in [0.05, 0.1) is 0 Å². The molecule has 1 nitrogen and oxygen atoms in total. The molecule has 0 saturated heterocycles. The maximum Gasteiger partial charge on any atom is 0.0431 e. The van der Waals surface area contributed by atoms with Crippen LogP contribution in [-0.2, 0) is 6.42 Å². The predicted octanol–water partition coefficient (Wildman–Crippen LogP) is 3.05. The molecule has 13 heavy (non-hydrogen) atoms. The van der Waals surface area contributed by atoms with Gasteiger partial charge in [-0.05, 0) is 37.0 Å². The van der Waals surface area contributed by atoms with E-state index in [-0.39, 0.29) is 0 Å². The molecule has 0 bridgehead atoms. The van der Waals surface area contributed by atoms with Crippen LogP contribution in [0.2, 0.25) is 5.02 Å². The summed E-state index contributed by atoms with van der Waals surface area (Å²) in [5, 5.41) is 9.39. The molecule has 1 N–H and O–H groups in total. The smallest absolute Gasteiger partial charge is 0.0431 e. The summed E-state index contributed by atoms with van der Waals surface area (Å²) in [4.78, 5) is 0. The Bertz CT molecular complexity index is 248. The molecule has 0 aromatic heterocycles. The lowest BCUT2D eigenvalue weighted by molar-refractivity contribution is 0.283. The van der Waals surface area contributed by atoms with Crippen molar-refractivity contribution in [3.63, 3.8) is 0 Å². The highest BCUT2D eigenvalue weighted by Crippen LogP contribution is 2.13. The quantitative estimate of drug-likeness (QED) is 0.722. The first-order valence-electron chi connectivity index (χ1n) is 4.68. The topological polar surface area (TPSA) is 20.2 Å². The number of hydrogen-bond donors (Lipinski definition) is 1. The van der Waals surface area contributed by atoms with Gasteiger partial charge in [0, 0.05) is 11.6 Å². The zero-order valence-corrected chi connectivity index (χ0v) is 8.43. The minimum atomic E-state index is 0.301. The molecule has 1 aromatic rings. The fourth-order valence-corrected chi connectivity index (χ4v) is 1.52. The summed E-state index contributed by atoms with van der Waals surface area (Å²) < 4.78 is 0. The van der Waals surface area contributed by atoms with E-state index in [1.807, 2.05) is 18.2 Å². The van der Waals surface area contributed by atoms with Crippen LogP contribution in [0.25, 0.3) is 0 Å². The van der Waals surface area contributed by atoms with Gasteiger partial charge in [0.25, 0.3) is 0 Å². The second kappa shape index (κ2) is 6.01. The monoisotopic (exact) mass is 198 g/mol. The number of halogens is 1. The largest absolute Gasteiger partial charge is 0.396 e. The van der Waals surface area contributed by atoms with E-state index in [9.17, 15) is 0 Å². The van der Waals surface area contributed by atoms with Crippen molar-refractivity contribution in [3.8, 4) is 0 Å². The van der Waals surface area contributed by atoms with Crippen LogP contribution in [0.1, 0.15) is 24.8 Å². The highest BCUT2D eigenvalue weighted by atomic mass is 35.5. The number of aliphatic hydroxyl groups excluding tert-OH is 1. The lowest BCUT2D eigenvalue weighted by atomic mass is 10.1. The summed E-state index contributed by atoms with van der Waals surface area (Å²) >= 11 is 5.84. The third-order valence-corrected chi connectivity index (χ3v) is 2.25. The van der Waals surface area contributed by atoms with Crippen molar-refractivity contribution in [3.05, 3.63) is 34.9 Å². The van der Waals surface area contributed by atoms with Crippen LogP contribution in [0.4, 0.5) is 0 Å². The molecule has 0 aliphatic heterocycles. The lowest BCUT2D eigenvalue weighted by Gasteiger charge is -2.00. The number of hydrogen-bond acceptors (Lipinski definition) is 1. The van der Waals surface area contributed by atoms with Gasteiger partial charge in [-0.2, -0.15) is 0 Å². The molecule has 1 rings (SSSR count). The van der Waals surface area contributed by atoms with Gasteiger partial charge >= 0.3 is 0 Å². The highest BCUT2D eigenvalue weighted by molar-refractivity contribution is 6.30. The van der Waals surface area contributed by atoms with Crippen LogP contribution >= 0.6 is 11.6 Å². The zero-order chi connectivity index (χ0) is 9.52. The van der Waals surface area contributed by atoms with Gasteiger partial charge < -0.3 is 5.11 Å². The molecular formula is C11H15ClO. The molecule has 0 amide bonds. The summed E-state index contributed by atoms with van der Waals surface area (Å²) in [6.45, 7) is 0.301. The maximum absolute atomic E-state index is 8.59. The molecule has 2 heteroatoms. The number of aryl methyl sites for hydroxylation is 1. The Morgan fingerprint density at radius 2 is 2.00 bits per heavy atom. The van der Waals surface area contributed by atoms with E-state index in [4.69, 9.17) is 16.7 Å². The Morgan fingerprint density at radius 1 is 1.15 bits per heavy atom. The number of benzene rings is 1. The molecule has 1 aromatic carbocycles. The van der Waals surface area contributed by atoms with Crippen molar-refractivity contribution < 1.29 is 5.11 Å². The van der Waals surface area contributed by atoms with Crippen LogP contribution in [-0.4, -0.2) is 11.7 Å². The maximum atomic E-state index is 8.59. The minimum absolute atomic E-state index is 0.301. The summed E-state index contributed by atoms with van der Waals surface area (Å²) in [5.41, 5.74) is 1.28. The SMILES string of the molecule is OCCCCCc1cccc(Cl)c1. The number of unbranched alkanes of at least 4 members (excludes halogenated alkanes) is 2. The van der Waals surface area contributed by atoms with Crippen LogP contribution in [0.3, 0.4) is 0 Å². The minimum Gasteiger partial charge on any atom is -0.396 e. The molecule has 0 atom stereocenters. The lowest BCUT2D eigenvalue weighted by Crippen LogP contribution is -1.87. The van der Waals surface area contributed by atoms with Crippen LogP contribution in [0.15, 0.2) is 24.3 Å². The molecular weight excluding hydrogens is 184 g/mol. The van der Waals surface area contributed by atoms with E-state index >= 15 is 0 Å². The molecule has 0 saturated carbocycles. The fourth-order valence-electron chi connectivity index (χ4n) is 1.31. The van der Waals surface area contributed by atoms with Gasteiger partial charge in [-0.15, -0.1) is 0 Å². The van der Waals surface area contributed by atoms with Crippen LogP contribution in [0.5, 0.6) is 0 Å². The van der Waals surface area contributed by atoms with Gasteiger partial charge in [-0.25, -0.2) is 0 Å². The summed E-state index contributed by atoms with van der Waals surface area (Å²) in [7, 11) is 0. The molecule has 0 aliphatic carbocycles. The molecule has 0 aliphatic rings. The first-order chi connectivity index (χ1) is 6.33. The van der Waals surface area contributed by atoms with Crippen molar-refractivity contribution in [2.24, 2.45) is 0 Å². The summed E-state index contributed by atoms with van der Waals surface area (Å²) in [5.74, 6) is 0. The summed E-state index contributed by atoms with van der Waals surface area (Å²) in [6, 6.07) is 7.95. The zero-order valence-electron chi connectivity index (χ0n) is 7.67. The Morgan fingerprint density at radius 3 is 2.69 bits per heavy atom. The van der Waals surface area contributed by atoms with Gasteiger partial charge in [-0.3, -0.25) is 0 Å². The van der Waals surface area contributed by atoms with Crippen LogP contribution < -0.4 is 0 Å². The summed E-state index contributed by atoms with van der Waals surface area (Å²) in [6.07, 6.45) is 4.17. The van der Waals surface area contributed by atoms with E-state index in [2.05, 4.69) is 6.07 Å². The van der Waals surface area contributed by atoms with E-state index in [0.29, 0.717) is 6.61 Å². The van der Waals surface area contributed by atoms with Crippen LogP contribution in [0, 0.1) is 0 Å². The number of aliphatic hydroxyl groups is 1. The molecule has 0 unspecified atom stereocenters. The highest BCUT2D eigenvalue weighted by Gasteiger charge is 1.94. The third kappa shape index (κ3) is 4.30. The Kier molecular flexibility index (Phi) is 4.87. The van der Waals surface area contributed by atoms with E-state index in [0.717, 1.165) is 30.7 Å². The van der Waals surface area contributed by atoms with Crippen molar-refractivity contribution in [2.45, 2.75) is 25.7 Å². The molecule has 0 radical (unpaired) electrons. The second-order valence-corrected chi connectivity index (χ2v) is 3.60. The van der Waals surface area contributed by atoms with Gasteiger partial charge in [0.2, 0.25) is 0 Å². The molecule has 72 valence electrons. The Labute approximate surface area is 84.4 Å². The van der Waals surface area contributed by atoms with Gasteiger partial charge in [-0.1, -0.05) is 30.2 Å². The van der Waals surface area contributed by atoms with E-state index < -0.39 is 0 Å². The predicted molar refractivity (Wildman–Crippen MR) is 56.1 cm³/mol. The van der Waals surface area contributed by atoms with Gasteiger partial charge in [0.15, 0.2) is 0 Å².